The Hall–Kier alpha value is -0.610. The lowest BCUT2D eigenvalue weighted by molar-refractivity contribution is -0.151. The molecule has 0 aromatic rings. The summed E-state index contributed by atoms with van der Waals surface area (Å²) in [6.45, 7) is -0.0685. The molecular weight excluding hydrogens is 194 g/mol. The van der Waals surface area contributed by atoms with Crippen LogP contribution in [-0.2, 0) is 9.53 Å². The van der Waals surface area contributed by atoms with E-state index >= 15 is 0 Å². The molecule has 4 nitrogen and oxygen atoms in total. The van der Waals surface area contributed by atoms with Crippen molar-refractivity contribution in [1.82, 2.24) is 0 Å². The van der Waals surface area contributed by atoms with Crippen LogP contribution in [0.15, 0.2) is 0 Å². The van der Waals surface area contributed by atoms with Gasteiger partial charge in [-0.15, -0.1) is 0 Å². The maximum atomic E-state index is 11.5. The van der Waals surface area contributed by atoms with Crippen LogP contribution in [0.5, 0.6) is 0 Å². The number of carbonyl (C=O) groups excluding carboxylic acids is 1. The third kappa shape index (κ3) is 4.62. The lowest BCUT2D eigenvalue weighted by atomic mass is 10.1. The van der Waals surface area contributed by atoms with Gasteiger partial charge in [0.15, 0.2) is 0 Å². The normalized spacial score (nSPS) is 20.7. The number of ether oxygens (including phenoxy) is 1. The number of rotatable bonds is 4. The van der Waals surface area contributed by atoms with Crippen LogP contribution in [0.3, 0.4) is 0 Å². The summed E-state index contributed by atoms with van der Waals surface area (Å²) in [7, 11) is 0. The van der Waals surface area contributed by atoms with Gasteiger partial charge in [-0.1, -0.05) is 12.8 Å². The molecule has 1 rings (SSSR count). The van der Waals surface area contributed by atoms with E-state index in [-0.39, 0.29) is 25.1 Å². The number of carbonyl (C=O) groups is 1. The highest BCUT2D eigenvalue weighted by Gasteiger charge is 2.20. The van der Waals surface area contributed by atoms with Crippen molar-refractivity contribution >= 4 is 5.97 Å². The SMILES string of the molecule is NC(CCO)C(=O)OC1CCCCCC1. The number of aliphatic hydroxyl groups excluding tert-OH is 1. The molecule has 0 amide bonds. The molecule has 0 aromatic heterocycles. The van der Waals surface area contributed by atoms with E-state index in [9.17, 15) is 4.79 Å². The van der Waals surface area contributed by atoms with Crippen LogP contribution in [0.25, 0.3) is 0 Å². The zero-order chi connectivity index (χ0) is 11.1. The van der Waals surface area contributed by atoms with E-state index in [1.165, 1.54) is 12.8 Å². The van der Waals surface area contributed by atoms with Gasteiger partial charge in [0.1, 0.15) is 12.1 Å². The van der Waals surface area contributed by atoms with Crippen LogP contribution in [0, 0.1) is 0 Å². The molecule has 0 aliphatic heterocycles. The summed E-state index contributed by atoms with van der Waals surface area (Å²) < 4.78 is 5.31. The Morgan fingerprint density at radius 2 is 1.93 bits per heavy atom. The Kier molecular flexibility index (Phi) is 5.65. The molecule has 0 bridgehead atoms. The summed E-state index contributed by atoms with van der Waals surface area (Å²) >= 11 is 0. The average Bonchev–Trinajstić information content (AvgIpc) is 2.46. The molecule has 88 valence electrons. The second kappa shape index (κ2) is 6.80. The Morgan fingerprint density at radius 1 is 1.33 bits per heavy atom. The van der Waals surface area contributed by atoms with Gasteiger partial charge in [0.05, 0.1) is 0 Å². The smallest absolute Gasteiger partial charge is 0.323 e. The second-order valence-electron chi connectivity index (χ2n) is 4.17. The molecule has 1 aliphatic carbocycles. The Balaban J connectivity index is 2.28. The third-order valence-corrected chi connectivity index (χ3v) is 2.83. The molecule has 0 saturated heterocycles. The van der Waals surface area contributed by atoms with Gasteiger partial charge in [0.25, 0.3) is 0 Å². The summed E-state index contributed by atoms with van der Waals surface area (Å²) in [4.78, 5) is 11.5. The van der Waals surface area contributed by atoms with Gasteiger partial charge >= 0.3 is 5.97 Å². The van der Waals surface area contributed by atoms with E-state index in [2.05, 4.69) is 0 Å². The molecule has 3 N–H and O–H groups in total. The monoisotopic (exact) mass is 215 g/mol. The van der Waals surface area contributed by atoms with Crippen molar-refractivity contribution in [2.45, 2.75) is 57.1 Å². The van der Waals surface area contributed by atoms with Crippen LogP contribution in [0.2, 0.25) is 0 Å². The molecule has 0 spiro atoms. The summed E-state index contributed by atoms with van der Waals surface area (Å²) in [6, 6.07) is -0.668. The van der Waals surface area contributed by atoms with Gasteiger partial charge in [0.2, 0.25) is 0 Å². The van der Waals surface area contributed by atoms with Gasteiger partial charge < -0.3 is 15.6 Å². The molecule has 4 heteroatoms. The largest absolute Gasteiger partial charge is 0.461 e. The number of esters is 1. The van der Waals surface area contributed by atoms with Crippen LogP contribution in [-0.4, -0.2) is 29.8 Å². The summed E-state index contributed by atoms with van der Waals surface area (Å²) in [6.07, 6.45) is 6.97. The predicted molar refractivity (Wildman–Crippen MR) is 57.3 cm³/mol. The fourth-order valence-corrected chi connectivity index (χ4v) is 1.87. The Bertz CT molecular complexity index is 188. The number of aliphatic hydroxyl groups is 1. The molecule has 15 heavy (non-hydrogen) atoms. The first kappa shape index (κ1) is 12.5. The van der Waals surface area contributed by atoms with Crippen LogP contribution >= 0.6 is 0 Å². The number of hydrogen-bond donors (Lipinski definition) is 2. The lowest BCUT2D eigenvalue weighted by Crippen LogP contribution is -2.35. The minimum absolute atomic E-state index is 0.0461. The highest BCUT2D eigenvalue weighted by Crippen LogP contribution is 2.20. The van der Waals surface area contributed by atoms with E-state index in [4.69, 9.17) is 15.6 Å². The Morgan fingerprint density at radius 3 is 2.47 bits per heavy atom. The molecule has 1 fully saturated rings. The van der Waals surface area contributed by atoms with Gasteiger partial charge in [-0.3, -0.25) is 4.79 Å². The highest BCUT2D eigenvalue weighted by molar-refractivity contribution is 5.75. The van der Waals surface area contributed by atoms with Crippen molar-refractivity contribution in [2.75, 3.05) is 6.61 Å². The molecule has 0 heterocycles. The fourth-order valence-electron chi connectivity index (χ4n) is 1.87. The van der Waals surface area contributed by atoms with E-state index in [1.54, 1.807) is 0 Å². The Labute approximate surface area is 90.8 Å². The quantitative estimate of drug-likeness (QED) is 0.541. The van der Waals surface area contributed by atoms with Crippen LogP contribution < -0.4 is 5.73 Å². The number of nitrogens with two attached hydrogens (primary N) is 1. The topological polar surface area (TPSA) is 72.5 Å². The first-order valence-electron chi connectivity index (χ1n) is 5.81. The van der Waals surface area contributed by atoms with E-state index < -0.39 is 6.04 Å². The van der Waals surface area contributed by atoms with Crippen molar-refractivity contribution in [1.29, 1.82) is 0 Å². The van der Waals surface area contributed by atoms with Gasteiger partial charge in [-0.25, -0.2) is 0 Å². The van der Waals surface area contributed by atoms with Gasteiger partial charge in [-0.05, 0) is 32.1 Å². The van der Waals surface area contributed by atoms with Crippen molar-refractivity contribution in [3.05, 3.63) is 0 Å². The molecule has 1 saturated carbocycles. The van der Waals surface area contributed by atoms with Crippen molar-refractivity contribution < 1.29 is 14.6 Å². The van der Waals surface area contributed by atoms with Crippen LogP contribution in [0.1, 0.15) is 44.9 Å². The molecule has 1 aliphatic rings. The standard InChI is InChI=1S/C11H21NO3/c12-10(7-8-13)11(14)15-9-5-3-1-2-4-6-9/h9-10,13H,1-8,12H2. The van der Waals surface area contributed by atoms with E-state index in [1.807, 2.05) is 0 Å². The fraction of sp³-hybridized carbons (Fsp3) is 0.909. The van der Waals surface area contributed by atoms with Gasteiger partial charge in [-0.2, -0.15) is 0 Å². The summed E-state index contributed by atoms with van der Waals surface area (Å²) in [5, 5.41) is 8.65. The molecule has 0 aromatic carbocycles. The minimum atomic E-state index is -0.668. The van der Waals surface area contributed by atoms with Crippen molar-refractivity contribution in [3.8, 4) is 0 Å². The second-order valence-corrected chi connectivity index (χ2v) is 4.17. The maximum absolute atomic E-state index is 11.5. The highest BCUT2D eigenvalue weighted by atomic mass is 16.5. The maximum Gasteiger partial charge on any atom is 0.323 e. The first-order chi connectivity index (χ1) is 7.24. The number of hydrogen-bond acceptors (Lipinski definition) is 4. The zero-order valence-electron chi connectivity index (χ0n) is 9.15. The zero-order valence-corrected chi connectivity index (χ0v) is 9.15. The summed E-state index contributed by atoms with van der Waals surface area (Å²) in [5.74, 6) is -0.365. The summed E-state index contributed by atoms with van der Waals surface area (Å²) in [5.41, 5.74) is 5.55. The molecular formula is C11H21NO3. The average molecular weight is 215 g/mol. The third-order valence-electron chi connectivity index (χ3n) is 2.83. The first-order valence-corrected chi connectivity index (χ1v) is 5.81. The van der Waals surface area contributed by atoms with E-state index in [0.29, 0.717) is 0 Å². The minimum Gasteiger partial charge on any atom is -0.461 e. The predicted octanol–water partition coefficient (Wildman–Crippen LogP) is 0.962. The van der Waals surface area contributed by atoms with Crippen molar-refractivity contribution in [3.63, 3.8) is 0 Å². The van der Waals surface area contributed by atoms with Crippen LogP contribution in [0.4, 0.5) is 0 Å². The molecule has 0 radical (unpaired) electrons. The van der Waals surface area contributed by atoms with Gasteiger partial charge in [0, 0.05) is 6.61 Å². The van der Waals surface area contributed by atoms with E-state index in [0.717, 1.165) is 25.7 Å². The van der Waals surface area contributed by atoms with Crippen molar-refractivity contribution in [2.24, 2.45) is 5.73 Å². The lowest BCUT2D eigenvalue weighted by Gasteiger charge is -2.18. The molecule has 1 unspecified atom stereocenters. The molecule has 1 atom stereocenters.